The summed E-state index contributed by atoms with van der Waals surface area (Å²) < 4.78 is 11.3. The standard InChI is InChI=1S/C22H26N4O3/c27-21(17-7-9-24(10-8-17)16-18-4-3-15-28-18)25-11-13-26(14-12-25)22-23-19-5-1-2-6-20(19)29-22/h1-6,15,17H,7-14,16H2. The summed E-state index contributed by atoms with van der Waals surface area (Å²) in [7, 11) is 0. The average Bonchev–Trinajstić information content (AvgIpc) is 3.43. The number of piperidine rings is 1. The average molecular weight is 394 g/mol. The number of benzene rings is 1. The topological polar surface area (TPSA) is 66.0 Å². The zero-order valence-corrected chi connectivity index (χ0v) is 16.5. The molecule has 5 rings (SSSR count). The molecule has 2 fully saturated rings. The molecule has 0 N–H and O–H groups in total. The number of hydrogen-bond acceptors (Lipinski definition) is 6. The van der Waals surface area contributed by atoms with Gasteiger partial charge in [0, 0.05) is 32.1 Å². The van der Waals surface area contributed by atoms with Gasteiger partial charge in [0.1, 0.15) is 11.3 Å². The summed E-state index contributed by atoms with van der Waals surface area (Å²) >= 11 is 0. The third-order valence-electron chi connectivity index (χ3n) is 6.04. The van der Waals surface area contributed by atoms with Gasteiger partial charge in [0.2, 0.25) is 5.91 Å². The van der Waals surface area contributed by atoms with Gasteiger partial charge in [-0.3, -0.25) is 9.69 Å². The summed E-state index contributed by atoms with van der Waals surface area (Å²) in [6.45, 7) is 5.69. The number of oxazole rings is 1. The Morgan fingerprint density at radius 3 is 2.52 bits per heavy atom. The van der Waals surface area contributed by atoms with Crippen molar-refractivity contribution in [1.82, 2.24) is 14.8 Å². The fraction of sp³-hybridized carbons (Fsp3) is 0.455. The van der Waals surface area contributed by atoms with E-state index in [1.165, 1.54) is 0 Å². The molecule has 0 aliphatic carbocycles. The van der Waals surface area contributed by atoms with E-state index in [2.05, 4.69) is 14.8 Å². The van der Waals surface area contributed by atoms with E-state index in [0.717, 1.165) is 75.5 Å². The van der Waals surface area contributed by atoms with Crippen molar-refractivity contribution in [3.8, 4) is 0 Å². The number of para-hydroxylation sites is 2. The fourth-order valence-corrected chi connectivity index (χ4v) is 4.33. The first-order valence-corrected chi connectivity index (χ1v) is 10.4. The highest BCUT2D eigenvalue weighted by atomic mass is 16.4. The molecule has 152 valence electrons. The van der Waals surface area contributed by atoms with Crippen LogP contribution in [0.15, 0.2) is 51.5 Å². The monoisotopic (exact) mass is 394 g/mol. The number of carbonyl (C=O) groups is 1. The maximum atomic E-state index is 13.0. The van der Waals surface area contributed by atoms with E-state index in [-0.39, 0.29) is 5.92 Å². The number of anilines is 1. The van der Waals surface area contributed by atoms with E-state index in [9.17, 15) is 4.79 Å². The number of carbonyl (C=O) groups excluding carboxylic acids is 1. The van der Waals surface area contributed by atoms with Gasteiger partial charge in [0.25, 0.3) is 6.01 Å². The molecular formula is C22H26N4O3. The Morgan fingerprint density at radius 2 is 1.79 bits per heavy atom. The van der Waals surface area contributed by atoms with Gasteiger partial charge in [0.15, 0.2) is 5.58 Å². The molecule has 0 bridgehead atoms. The Bertz CT molecular complexity index is 919. The summed E-state index contributed by atoms with van der Waals surface area (Å²) in [5, 5.41) is 0. The molecule has 0 unspecified atom stereocenters. The lowest BCUT2D eigenvalue weighted by Crippen LogP contribution is -2.51. The lowest BCUT2D eigenvalue weighted by Gasteiger charge is -2.38. The zero-order valence-electron chi connectivity index (χ0n) is 16.5. The van der Waals surface area contributed by atoms with E-state index in [4.69, 9.17) is 8.83 Å². The van der Waals surface area contributed by atoms with Crippen molar-refractivity contribution in [2.24, 2.45) is 5.92 Å². The van der Waals surface area contributed by atoms with Crippen molar-refractivity contribution in [1.29, 1.82) is 0 Å². The Morgan fingerprint density at radius 1 is 1.00 bits per heavy atom. The summed E-state index contributed by atoms with van der Waals surface area (Å²) in [4.78, 5) is 24.1. The molecule has 0 radical (unpaired) electrons. The van der Waals surface area contributed by atoms with E-state index >= 15 is 0 Å². The Labute approximate surface area is 169 Å². The number of hydrogen-bond donors (Lipinski definition) is 0. The summed E-state index contributed by atoms with van der Waals surface area (Å²) in [6, 6.07) is 12.4. The third kappa shape index (κ3) is 3.87. The molecule has 0 spiro atoms. The van der Waals surface area contributed by atoms with E-state index in [1.54, 1.807) is 6.26 Å². The first-order valence-electron chi connectivity index (χ1n) is 10.4. The van der Waals surface area contributed by atoms with Gasteiger partial charge in [-0.05, 0) is 50.2 Å². The molecule has 4 heterocycles. The van der Waals surface area contributed by atoms with Crippen LogP contribution in [0.4, 0.5) is 6.01 Å². The number of amides is 1. The molecule has 29 heavy (non-hydrogen) atoms. The molecule has 1 aromatic carbocycles. The number of rotatable bonds is 4. The van der Waals surface area contributed by atoms with E-state index in [1.807, 2.05) is 41.3 Å². The van der Waals surface area contributed by atoms with Crippen molar-refractivity contribution < 1.29 is 13.6 Å². The van der Waals surface area contributed by atoms with Crippen molar-refractivity contribution in [2.75, 3.05) is 44.2 Å². The van der Waals surface area contributed by atoms with Gasteiger partial charge in [0.05, 0.1) is 12.8 Å². The van der Waals surface area contributed by atoms with Gasteiger partial charge in [-0.15, -0.1) is 0 Å². The van der Waals surface area contributed by atoms with Crippen LogP contribution in [0, 0.1) is 5.92 Å². The third-order valence-corrected chi connectivity index (χ3v) is 6.04. The predicted molar refractivity (Wildman–Crippen MR) is 110 cm³/mol. The van der Waals surface area contributed by atoms with Crippen molar-refractivity contribution >= 4 is 23.0 Å². The molecule has 0 saturated carbocycles. The quantitative estimate of drug-likeness (QED) is 0.678. The highest BCUT2D eigenvalue weighted by molar-refractivity contribution is 5.79. The largest absolute Gasteiger partial charge is 0.468 e. The number of nitrogens with zero attached hydrogens (tertiary/aromatic N) is 4. The molecule has 2 saturated heterocycles. The smallest absolute Gasteiger partial charge is 0.298 e. The molecular weight excluding hydrogens is 368 g/mol. The Balaban J connectivity index is 1.12. The van der Waals surface area contributed by atoms with Crippen LogP contribution in [-0.2, 0) is 11.3 Å². The highest BCUT2D eigenvalue weighted by Crippen LogP contribution is 2.25. The lowest BCUT2D eigenvalue weighted by molar-refractivity contribution is -0.137. The Hall–Kier alpha value is -2.80. The second-order valence-corrected chi connectivity index (χ2v) is 7.91. The van der Waals surface area contributed by atoms with E-state index < -0.39 is 0 Å². The van der Waals surface area contributed by atoms with Crippen LogP contribution in [0.2, 0.25) is 0 Å². The van der Waals surface area contributed by atoms with Crippen LogP contribution < -0.4 is 4.90 Å². The number of piperazine rings is 1. The lowest BCUT2D eigenvalue weighted by atomic mass is 9.95. The minimum atomic E-state index is 0.138. The normalized spacial score (nSPS) is 19.2. The van der Waals surface area contributed by atoms with Crippen LogP contribution >= 0.6 is 0 Å². The van der Waals surface area contributed by atoms with Gasteiger partial charge in [-0.2, -0.15) is 4.98 Å². The van der Waals surface area contributed by atoms with Gasteiger partial charge in [-0.25, -0.2) is 0 Å². The summed E-state index contributed by atoms with van der Waals surface area (Å²) in [5.74, 6) is 1.43. The Kier molecular flexibility index (Phi) is 4.97. The molecule has 2 aromatic heterocycles. The zero-order chi connectivity index (χ0) is 19.6. The summed E-state index contributed by atoms with van der Waals surface area (Å²) in [5.41, 5.74) is 1.68. The minimum Gasteiger partial charge on any atom is -0.468 e. The molecule has 2 aliphatic rings. The van der Waals surface area contributed by atoms with Crippen LogP contribution in [0.5, 0.6) is 0 Å². The number of fused-ring (bicyclic) bond motifs is 1. The van der Waals surface area contributed by atoms with Crippen molar-refractivity contribution in [3.05, 3.63) is 48.4 Å². The summed E-state index contributed by atoms with van der Waals surface area (Å²) in [6.07, 6.45) is 3.56. The molecule has 0 atom stereocenters. The molecule has 3 aromatic rings. The first kappa shape index (κ1) is 18.2. The number of aromatic nitrogens is 1. The fourth-order valence-electron chi connectivity index (χ4n) is 4.33. The maximum Gasteiger partial charge on any atom is 0.298 e. The molecule has 1 amide bonds. The first-order chi connectivity index (χ1) is 14.3. The maximum absolute atomic E-state index is 13.0. The molecule has 2 aliphatic heterocycles. The minimum absolute atomic E-state index is 0.138. The van der Waals surface area contributed by atoms with Gasteiger partial charge < -0.3 is 18.6 Å². The highest BCUT2D eigenvalue weighted by Gasteiger charge is 2.31. The van der Waals surface area contributed by atoms with Crippen LogP contribution in [0.3, 0.4) is 0 Å². The number of furan rings is 1. The van der Waals surface area contributed by atoms with Gasteiger partial charge >= 0.3 is 0 Å². The van der Waals surface area contributed by atoms with Crippen molar-refractivity contribution in [3.63, 3.8) is 0 Å². The second-order valence-electron chi connectivity index (χ2n) is 7.91. The molecule has 7 heteroatoms. The van der Waals surface area contributed by atoms with Crippen LogP contribution in [-0.4, -0.2) is 60.0 Å². The molecule has 7 nitrogen and oxygen atoms in total. The predicted octanol–water partition coefficient (Wildman–Crippen LogP) is 2.98. The van der Waals surface area contributed by atoms with Crippen molar-refractivity contribution in [2.45, 2.75) is 19.4 Å². The number of likely N-dealkylation sites (tertiary alicyclic amines) is 1. The van der Waals surface area contributed by atoms with E-state index in [0.29, 0.717) is 11.9 Å². The van der Waals surface area contributed by atoms with Gasteiger partial charge in [-0.1, -0.05) is 12.1 Å². The van der Waals surface area contributed by atoms with Crippen LogP contribution in [0.25, 0.3) is 11.1 Å². The second kappa shape index (κ2) is 7.91. The SMILES string of the molecule is O=C(C1CCN(Cc2ccco2)CC1)N1CCN(c2nc3ccccc3o2)CC1. The van der Waals surface area contributed by atoms with Crippen LogP contribution in [0.1, 0.15) is 18.6 Å².